The quantitative estimate of drug-likeness (QED) is 0.847. The zero-order valence-electron chi connectivity index (χ0n) is 14.5. The van der Waals surface area contributed by atoms with Gasteiger partial charge in [0, 0.05) is 45.4 Å². The molecule has 0 N–H and O–H groups in total. The van der Waals surface area contributed by atoms with Crippen LogP contribution < -0.4 is 9.64 Å². The molecule has 0 aliphatic carbocycles. The molecular formula is C18H23N5O2. The van der Waals surface area contributed by atoms with Gasteiger partial charge in [-0.15, -0.1) is 0 Å². The van der Waals surface area contributed by atoms with Gasteiger partial charge in [0.25, 0.3) is 5.91 Å². The summed E-state index contributed by atoms with van der Waals surface area (Å²) in [7, 11) is 1.89. The Morgan fingerprint density at radius 1 is 1.24 bits per heavy atom. The van der Waals surface area contributed by atoms with E-state index in [1.54, 1.807) is 6.33 Å². The van der Waals surface area contributed by atoms with Crippen LogP contribution in [-0.2, 0) is 7.05 Å². The Morgan fingerprint density at radius 3 is 2.84 bits per heavy atom. The number of ether oxygens (including phenoxy) is 1. The lowest BCUT2D eigenvalue weighted by atomic mass is 10.3. The highest BCUT2D eigenvalue weighted by Crippen LogP contribution is 2.23. The first kappa shape index (κ1) is 15.9. The molecule has 0 aromatic carbocycles. The number of hydrogen-bond donors (Lipinski definition) is 0. The highest BCUT2D eigenvalue weighted by Gasteiger charge is 2.29. The zero-order valence-corrected chi connectivity index (χ0v) is 14.5. The number of rotatable bonds is 4. The molecule has 0 unspecified atom stereocenters. The Balaban J connectivity index is 1.39. The maximum absolute atomic E-state index is 12.6. The molecule has 4 heterocycles. The van der Waals surface area contributed by atoms with Crippen molar-refractivity contribution in [3.63, 3.8) is 0 Å². The van der Waals surface area contributed by atoms with Crippen molar-refractivity contribution in [2.24, 2.45) is 7.05 Å². The standard InChI is InChI=1S/C18H23N5O2/c1-21-7-4-5-15(21)18(24)23-10-6-14(12-23)25-17-11-16(19-13-20-17)22-8-2-3-9-22/h4-5,7,11,13-14H,2-3,6,8-10,12H2,1H3/t14-/m1/s1. The molecular weight excluding hydrogens is 318 g/mol. The summed E-state index contributed by atoms with van der Waals surface area (Å²) in [5.41, 5.74) is 0.707. The monoisotopic (exact) mass is 341 g/mol. The summed E-state index contributed by atoms with van der Waals surface area (Å²) in [6.45, 7) is 3.38. The van der Waals surface area contributed by atoms with E-state index >= 15 is 0 Å². The Hall–Kier alpha value is -2.57. The molecule has 0 saturated carbocycles. The Labute approximate surface area is 147 Å². The fourth-order valence-corrected chi connectivity index (χ4v) is 3.54. The van der Waals surface area contributed by atoms with Gasteiger partial charge in [0.2, 0.25) is 5.88 Å². The van der Waals surface area contributed by atoms with E-state index in [9.17, 15) is 4.79 Å². The van der Waals surface area contributed by atoms with E-state index in [0.717, 1.165) is 25.3 Å². The van der Waals surface area contributed by atoms with Crippen molar-refractivity contribution < 1.29 is 9.53 Å². The Morgan fingerprint density at radius 2 is 2.08 bits per heavy atom. The molecule has 0 radical (unpaired) electrons. The van der Waals surface area contributed by atoms with E-state index in [1.165, 1.54) is 12.8 Å². The molecule has 4 rings (SSSR count). The largest absolute Gasteiger partial charge is 0.472 e. The zero-order chi connectivity index (χ0) is 17.2. The molecule has 7 nitrogen and oxygen atoms in total. The first-order chi connectivity index (χ1) is 12.2. The van der Waals surface area contributed by atoms with Crippen LogP contribution in [0.2, 0.25) is 0 Å². The number of likely N-dealkylation sites (tertiary alicyclic amines) is 1. The van der Waals surface area contributed by atoms with Gasteiger partial charge in [0.15, 0.2) is 0 Å². The maximum Gasteiger partial charge on any atom is 0.270 e. The second-order valence-electron chi connectivity index (χ2n) is 6.69. The van der Waals surface area contributed by atoms with Crippen LogP contribution in [0.1, 0.15) is 29.8 Å². The van der Waals surface area contributed by atoms with Crippen LogP contribution in [0.3, 0.4) is 0 Å². The summed E-state index contributed by atoms with van der Waals surface area (Å²) < 4.78 is 7.88. The van der Waals surface area contributed by atoms with Gasteiger partial charge in [0.1, 0.15) is 23.9 Å². The second kappa shape index (κ2) is 6.74. The molecule has 0 bridgehead atoms. The SMILES string of the molecule is Cn1cccc1C(=O)N1CC[C@@H](Oc2cc(N3CCCC3)ncn2)C1. The fraction of sp³-hybridized carbons (Fsp3) is 0.500. The summed E-state index contributed by atoms with van der Waals surface area (Å²) in [6.07, 6.45) is 6.66. The molecule has 1 atom stereocenters. The minimum Gasteiger partial charge on any atom is -0.472 e. The normalized spacial score (nSPS) is 20.3. The maximum atomic E-state index is 12.6. The number of hydrogen-bond acceptors (Lipinski definition) is 5. The molecule has 2 saturated heterocycles. The first-order valence-electron chi connectivity index (χ1n) is 8.85. The lowest BCUT2D eigenvalue weighted by Gasteiger charge is -2.19. The number of carbonyl (C=O) groups excluding carboxylic acids is 1. The van der Waals surface area contributed by atoms with Crippen LogP contribution in [-0.4, -0.2) is 57.6 Å². The Kier molecular flexibility index (Phi) is 4.29. The number of amides is 1. The van der Waals surface area contributed by atoms with Gasteiger partial charge in [-0.1, -0.05) is 0 Å². The third kappa shape index (κ3) is 3.31. The van der Waals surface area contributed by atoms with Gasteiger partial charge in [-0.05, 0) is 25.0 Å². The summed E-state index contributed by atoms with van der Waals surface area (Å²) in [5.74, 6) is 1.58. The molecule has 7 heteroatoms. The molecule has 25 heavy (non-hydrogen) atoms. The van der Waals surface area contributed by atoms with Crippen molar-refractivity contribution in [3.8, 4) is 5.88 Å². The number of aromatic nitrogens is 3. The number of nitrogens with zero attached hydrogens (tertiary/aromatic N) is 5. The number of aryl methyl sites for hydroxylation is 1. The third-order valence-corrected chi connectivity index (χ3v) is 4.94. The minimum absolute atomic E-state index is 0.0226. The smallest absolute Gasteiger partial charge is 0.270 e. The number of anilines is 1. The fourth-order valence-electron chi connectivity index (χ4n) is 3.54. The van der Waals surface area contributed by atoms with Crippen LogP contribution >= 0.6 is 0 Å². The van der Waals surface area contributed by atoms with E-state index in [2.05, 4.69) is 14.9 Å². The van der Waals surface area contributed by atoms with Crippen LogP contribution in [0.4, 0.5) is 5.82 Å². The van der Waals surface area contributed by atoms with E-state index in [0.29, 0.717) is 24.7 Å². The molecule has 2 aliphatic heterocycles. The number of carbonyl (C=O) groups is 1. The van der Waals surface area contributed by atoms with Crippen molar-refractivity contribution in [1.82, 2.24) is 19.4 Å². The highest BCUT2D eigenvalue weighted by molar-refractivity contribution is 5.93. The van der Waals surface area contributed by atoms with E-state index in [1.807, 2.05) is 40.9 Å². The average Bonchev–Trinajstić information content (AvgIpc) is 3.36. The van der Waals surface area contributed by atoms with Gasteiger partial charge < -0.3 is 19.1 Å². The molecule has 132 valence electrons. The molecule has 2 aromatic rings. The van der Waals surface area contributed by atoms with Crippen LogP contribution in [0.15, 0.2) is 30.7 Å². The van der Waals surface area contributed by atoms with E-state index in [4.69, 9.17) is 4.74 Å². The van der Waals surface area contributed by atoms with Crippen molar-refractivity contribution in [1.29, 1.82) is 0 Å². The van der Waals surface area contributed by atoms with Gasteiger partial charge in [-0.3, -0.25) is 4.79 Å². The lowest BCUT2D eigenvalue weighted by molar-refractivity contribution is 0.0762. The second-order valence-corrected chi connectivity index (χ2v) is 6.69. The van der Waals surface area contributed by atoms with Gasteiger partial charge in [-0.25, -0.2) is 9.97 Å². The topological polar surface area (TPSA) is 63.5 Å². The van der Waals surface area contributed by atoms with Gasteiger partial charge >= 0.3 is 0 Å². The van der Waals surface area contributed by atoms with Crippen molar-refractivity contribution in [2.75, 3.05) is 31.1 Å². The van der Waals surface area contributed by atoms with E-state index in [-0.39, 0.29) is 12.0 Å². The lowest BCUT2D eigenvalue weighted by Crippen LogP contribution is -2.32. The third-order valence-electron chi connectivity index (χ3n) is 4.94. The van der Waals surface area contributed by atoms with Crippen LogP contribution in [0, 0.1) is 0 Å². The van der Waals surface area contributed by atoms with Crippen LogP contribution in [0.5, 0.6) is 5.88 Å². The average molecular weight is 341 g/mol. The predicted octanol–water partition coefficient (Wildman–Crippen LogP) is 1.71. The Bertz CT molecular complexity index is 753. The van der Waals surface area contributed by atoms with Crippen molar-refractivity contribution in [3.05, 3.63) is 36.4 Å². The van der Waals surface area contributed by atoms with Crippen molar-refractivity contribution in [2.45, 2.75) is 25.4 Å². The summed E-state index contributed by atoms with van der Waals surface area (Å²) >= 11 is 0. The summed E-state index contributed by atoms with van der Waals surface area (Å²) in [5, 5.41) is 0. The van der Waals surface area contributed by atoms with Gasteiger partial charge in [0.05, 0.1) is 6.54 Å². The molecule has 0 spiro atoms. The molecule has 2 aromatic heterocycles. The van der Waals surface area contributed by atoms with E-state index < -0.39 is 0 Å². The summed E-state index contributed by atoms with van der Waals surface area (Å²) in [4.78, 5) is 25.3. The first-order valence-corrected chi connectivity index (χ1v) is 8.85. The minimum atomic E-state index is -0.0226. The van der Waals surface area contributed by atoms with Crippen molar-refractivity contribution >= 4 is 11.7 Å². The predicted molar refractivity (Wildman–Crippen MR) is 93.8 cm³/mol. The summed E-state index contributed by atoms with van der Waals surface area (Å²) in [6, 6.07) is 5.65. The molecule has 1 amide bonds. The molecule has 2 fully saturated rings. The van der Waals surface area contributed by atoms with Crippen LogP contribution in [0.25, 0.3) is 0 Å². The molecule has 2 aliphatic rings. The highest BCUT2D eigenvalue weighted by atomic mass is 16.5. The van der Waals surface area contributed by atoms with Gasteiger partial charge in [-0.2, -0.15) is 0 Å².